The number of anilines is 1. The molecule has 28 heavy (non-hydrogen) atoms. The highest BCUT2D eigenvalue weighted by Gasteiger charge is 2.27. The third-order valence-corrected chi connectivity index (χ3v) is 7.97. The fourth-order valence-corrected chi connectivity index (χ4v) is 5.31. The molecule has 0 bridgehead atoms. The normalized spacial score (nSPS) is 17.9. The molecule has 152 valence electrons. The summed E-state index contributed by atoms with van der Waals surface area (Å²) in [5.41, 5.74) is 0.311. The van der Waals surface area contributed by atoms with E-state index in [1.165, 1.54) is 37.2 Å². The molecule has 2 aromatic rings. The van der Waals surface area contributed by atoms with Crippen LogP contribution in [0.5, 0.6) is 0 Å². The Bertz CT molecular complexity index is 930. The fraction of sp³-hybridized carbons (Fsp3) is 0.421. The van der Waals surface area contributed by atoms with Crippen molar-refractivity contribution in [1.29, 1.82) is 0 Å². The molecule has 1 aliphatic rings. The molecule has 1 atom stereocenters. The summed E-state index contributed by atoms with van der Waals surface area (Å²) in [5, 5.41) is 5.14. The van der Waals surface area contributed by atoms with Crippen molar-refractivity contribution in [2.75, 3.05) is 32.5 Å². The molecular formula is C19H24ClN3O3S2. The molecule has 0 radical (unpaired) electrons. The van der Waals surface area contributed by atoms with Crippen molar-refractivity contribution in [1.82, 2.24) is 9.21 Å². The highest BCUT2D eigenvalue weighted by atomic mass is 35.5. The molecule has 0 saturated carbocycles. The summed E-state index contributed by atoms with van der Waals surface area (Å²) in [5.74, 6) is -0.182. The molecule has 1 fully saturated rings. The number of nitrogens with one attached hydrogen (secondary N) is 1. The van der Waals surface area contributed by atoms with Crippen molar-refractivity contribution in [2.45, 2.75) is 30.2 Å². The van der Waals surface area contributed by atoms with E-state index in [4.69, 9.17) is 11.6 Å². The Balaban J connectivity index is 1.63. The first-order chi connectivity index (χ1) is 13.3. The van der Waals surface area contributed by atoms with E-state index in [9.17, 15) is 13.2 Å². The largest absolute Gasteiger partial charge is 0.325 e. The highest BCUT2D eigenvalue weighted by Crippen LogP contribution is 2.34. The third kappa shape index (κ3) is 4.75. The highest BCUT2D eigenvalue weighted by molar-refractivity contribution is 7.89. The molecule has 3 rings (SSSR count). The van der Waals surface area contributed by atoms with Gasteiger partial charge >= 0.3 is 0 Å². The molecule has 1 saturated heterocycles. The van der Waals surface area contributed by atoms with Crippen LogP contribution in [0.1, 0.15) is 30.2 Å². The monoisotopic (exact) mass is 441 g/mol. The molecule has 1 N–H and O–H groups in total. The van der Waals surface area contributed by atoms with Gasteiger partial charge in [0, 0.05) is 38.0 Å². The van der Waals surface area contributed by atoms with E-state index in [-0.39, 0.29) is 10.8 Å². The number of thiophene rings is 1. The Kier molecular flexibility index (Phi) is 6.77. The van der Waals surface area contributed by atoms with E-state index in [0.717, 1.165) is 23.7 Å². The molecule has 1 aromatic carbocycles. The summed E-state index contributed by atoms with van der Waals surface area (Å²) in [7, 11) is -0.672. The van der Waals surface area contributed by atoms with Gasteiger partial charge < -0.3 is 5.32 Å². The van der Waals surface area contributed by atoms with Crippen molar-refractivity contribution < 1.29 is 13.2 Å². The Morgan fingerprint density at radius 1 is 1.36 bits per heavy atom. The van der Waals surface area contributed by atoms with Crippen LogP contribution in [0.2, 0.25) is 5.02 Å². The van der Waals surface area contributed by atoms with Gasteiger partial charge in [0.05, 0.1) is 15.6 Å². The predicted octanol–water partition coefficient (Wildman–Crippen LogP) is 3.82. The molecule has 2 heterocycles. The minimum atomic E-state index is -3.59. The van der Waals surface area contributed by atoms with Gasteiger partial charge in [-0.05, 0) is 49.0 Å². The number of likely N-dealkylation sites (tertiary alicyclic amines) is 1. The number of amides is 1. The Hall–Kier alpha value is -1.45. The van der Waals surface area contributed by atoms with Gasteiger partial charge in [0.25, 0.3) is 0 Å². The van der Waals surface area contributed by atoms with Crippen LogP contribution in [-0.4, -0.2) is 50.7 Å². The SMILES string of the molecule is CN(C)S(=O)(=O)c1ccc(Cl)c(NC(=O)CCN2CCCC2c2cccs2)c1. The van der Waals surface area contributed by atoms with Crippen molar-refractivity contribution in [3.8, 4) is 0 Å². The number of rotatable bonds is 7. The summed E-state index contributed by atoms with van der Waals surface area (Å²) in [6.45, 7) is 1.63. The number of sulfonamides is 1. The van der Waals surface area contributed by atoms with Gasteiger partial charge in [-0.1, -0.05) is 17.7 Å². The van der Waals surface area contributed by atoms with Crippen LogP contribution < -0.4 is 5.32 Å². The summed E-state index contributed by atoms with van der Waals surface area (Å²) >= 11 is 7.90. The predicted molar refractivity (Wildman–Crippen MR) is 113 cm³/mol. The summed E-state index contributed by atoms with van der Waals surface area (Å²) in [6, 6.07) is 8.90. The Labute approximate surface area is 175 Å². The van der Waals surface area contributed by atoms with E-state index >= 15 is 0 Å². The van der Waals surface area contributed by atoms with Gasteiger partial charge in [0.2, 0.25) is 15.9 Å². The topological polar surface area (TPSA) is 69.7 Å². The van der Waals surface area contributed by atoms with Crippen molar-refractivity contribution in [2.24, 2.45) is 0 Å². The van der Waals surface area contributed by atoms with Gasteiger partial charge in [-0.25, -0.2) is 12.7 Å². The van der Waals surface area contributed by atoms with E-state index in [2.05, 4.69) is 27.7 Å². The molecule has 0 spiro atoms. The van der Waals surface area contributed by atoms with E-state index < -0.39 is 10.0 Å². The standard InChI is InChI=1S/C19H24ClN3O3S2/c1-22(2)28(25,26)14-7-8-15(20)16(13-14)21-19(24)9-11-23-10-3-5-17(23)18-6-4-12-27-18/h4,6-8,12-13,17H,3,5,9-11H2,1-2H3,(H,21,24). The smallest absolute Gasteiger partial charge is 0.242 e. The second-order valence-electron chi connectivity index (χ2n) is 6.94. The zero-order valence-electron chi connectivity index (χ0n) is 15.9. The Morgan fingerprint density at radius 2 is 2.14 bits per heavy atom. The van der Waals surface area contributed by atoms with Crippen LogP contribution in [0.4, 0.5) is 5.69 Å². The lowest BCUT2D eigenvalue weighted by Gasteiger charge is -2.23. The number of hydrogen-bond acceptors (Lipinski definition) is 5. The number of carbonyl (C=O) groups is 1. The quantitative estimate of drug-likeness (QED) is 0.709. The maximum atomic E-state index is 12.5. The van der Waals surface area contributed by atoms with Gasteiger partial charge in [-0.2, -0.15) is 0 Å². The number of nitrogens with zero attached hydrogens (tertiary/aromatic N) is 2. The minimum Gasteiger partial charge on any atom is -0.325 e. The van der Waals surface area contributed by atoms with Crippen LogP contribution in [0.3, 0.4) is 0 Å². The van der Waals surface area contributed by atoms with E-state index in [0.29, 0.717) is 29.7 Å². The number of halogens is 1. The molecule has 9 heteroatoms. The van der Waals surface area contributed by atoms with Gasteiger partial charge in [0.1, 0.15) is 0 Å². The van der Waals surface area contributed by atoms with Crippen LogP contribution in [0, 0.1) is 0 Å². The lowest BCUT2D eigenvalue weighted by molar-refractivity contribution is -0.116. The van der Waals surface area contributed by atoms with Crippen LogP contribution >= 0.6 is 22.9 Å². The van der Waals surface area contributed by atoms with E-state index in [1.807, 2.05) is 0 Å². The summed E-state index contributed by atoms with van der Waals surface area (Å²) in [6.07, 6.45) is 2.56. The summed E-state index contributed by atoms with van der Waals surface area (Å²) < 4.78 is 25.7. The van der Waals surface area contributed by atoms with Crippen LogP contribution in [0.25, 0.3) is 0 Å². The van der Waals surface area contributed by atoms with Crippen molar-refractivity contribution in [3.63, 3.8) is 0 Å². The van der Waals surface area contributed by atoms with Crippen LogP contribution in [0.15, 0.2) is 40.6 Å². The maximum absolute atomic E-state index is 12.5. The molecule has 1 amide bonds. The van der Waals surface area contributed by atoms with Gasteiger partial charge in [-0.15, -0.1) is 11.3 Å². The average molecular weight is 442 g/mol. The van der Waals surface area contributed by atoms with Crippen LogP contribution in [-0.2, 0) is 14.8 Å². The molecule has 6 nitrogen and oxygen atoms in total. The number of benzene rings is 1. The number of hydrogen-bond donors (Lipinski definition) is 1. The lowest BCUT2D eigenvalue weighted by atomic mass is 10.2. The maximum Gasteiger partial charge on any atom is 0.242 e. The second-order valence-corrected chi connectivity index (χ2v) is 10.5. The Morgan fingerprint density at radius 3 is 2.82 bits per heavy atom. The zero-order valence-corrected chi connectivity index (χ0v) is 18.3. The minimum absolute atomic E-state index is 0.0921. The summed E-state index contributed by atoms with van der Waals surface area (Å²) in [4.78, 5) is 16.2. The fourth-order valence-electron chi connectivity index (χ4n) is 3.33. The molecule has 1 unspecified atom stereocenters. The molecule has 0 aliphatic carbocycles. The third-order valence-electron chi connectivity index (χ3n) is 4.85. The van der Waals surface area contributed by atoms with Gasteiger partial charge in [0.15, 0.2) is 0 Å². The molecule has 1 aromatic heterocycles. The first-order valence-corrected chi connectivity index (χ1v) is 11.8. The molecule has 1 aliphatic heterocycles. The van der Waals surface area contributed by atoms with Crippen molar-refractivity contribution in [3.05, 3.63) is 45.6 Å². The zero-order chi connectivity index (χ0) is 20.3. The average Bonchev–Trinajstić information content (AvgIpc) is 3.32. The van der Waals surface area contributed by atoms with Gasteiger partial charge in [-0.3, -0.25) is 9.69 Å². The van der Waals surface area contributed by atoms with E-state index in [1.54, 1.807) is 11.3 Å². The molecular weight excluding hydrogens is 418 g/mol. The first-order valence-electron chi connectivity index (χ1n) is 9.08. The van der Waals surface area contributed by atoms with Crippen molar-refractivity contribution >= 4 is 44.6 Å². The first kappa shape index (κ1) is 21.3. The number of carbonyl (C=O) groups excluding carboxylic acids is 1. The second kappa shape index (κ2) is 8.92. The lowest BCUT2D eigenvalue weighted by Crippen LogP contribution is -2.27.